The first-order valence-corrected chi connectivity index (χ1v) is 18.6. The van der Waals surface area contributed by atoms with Crippen LogP contribution in [0.1, 0.15) is 6.92 Å². The van der Waals surface area contributed by atoms with Gasteiger partial charge in [0.2, 0.25) is 5.91 Å². The van der Waals surface area contributed by atoms with Crippen molar-refractivity contribution in [3.8, 4) is 0 Å². The Labute approximate surface area is 333 Å². The summed E-state index contributed by atoms with van der Waals surface area (Å²) in [5, 5.41) is 171. The van der Waals surface area contributed by atoms with Gasteiger partial charge in [-0.2, -0.15) is 0 Å². The highest BCUT2D eigenvalue weighted by Gasteiger charge is 2.57. The Hall–Kier alpha value is -1.53. The number of aliphatic hydroxyl groups excluding tert-OH is 16. The second-order valence-corrected chi connectivity index (χ2v) is 14.7. The molecule has 5 aliphatic heterocycles. The Morgan fingerprint density at radius 2 is 0.780 bits per heavy atom. The van der Waals surface area contributed by atoms with Gasteiger partial charge in [0.05, 0.1) is 33.0 Å². The molecule has 27 nitrogen and oxygen atoms in total. The fraction of sp³-hybridized carbons (Fsp3) is 0.969. The van der Waals surface area contributed by atoms with Gasteiger partial charge >= 0.3 is 0 Å². The molecule has 0 spiro atoms. The lowest BCUT2D eigenvalue weighted by molar-refractivity contribution is -0.406. The lowest BCUT2D eigenvalue weighted by Gasteiger charge is -2.50. The smallest absolute Gasteiger partial charge is 0.217 e. The third-order valence-corrected chi connectivity index (χ3v) is 10.7. The van der Waals surface area contributed by atoms with E-state index < -0.39 is 192 Å². The first-order valence-electron chi connectivity index (χ1n) is 18.6. The minimum Gasteiger partial charge on any atom is -0.394 e. The van der Waals surface area contributed by atoms with Crippen LogP contribution >= 0.6 is 0 Å². The summed E-state index contributed by atoms with van der Waals surface area (Å²) in [7, 11) is 0. The molecule has 0 aromatic carbocycles. The van der Waals surface area contributed by atoms with Crippen LogP contribution in [0.4, 0.5) is 0 Å². The van der Waals surface area contributed by atoms with Crippen molar-refractivity contribution in [3.63, 3.8) is 0 Å². The van der Waals surface area contributed by atoms with E-state index >= 15 is 0 Å². The molecule has 5 saturated heterocycles. The van der Waals surface area contributed by atoms with Gasteiger partial charge < -0.3 is 130 Å². The number of rotatable bonds is 14. The SMILES string of the molecule is CC(=O)N[C@@H]1[C@@H](O)[C@H](O[C@H]2O[C@@H](CO)[C@H](O)[C@@H](O[C@@H]3O[C@@H](CO)[C@H](O)[C@@H](O)[C@H]3O[C@@H]3O[C@@H](CO)[C@H](O)[C@@H](O)[C@H]3O[C@@H]3O[C@@H](CO)[C@H](O)[C@@H](O)[C@H]3O)[C@H]2O)[C@@H](CO)O[C@H]1O. The van der Waals surface area contributed by atoms with Crippen LogP contribution in [-0.4, -0.2) is 274 Å². The molecule has 5 fully saturated rings. The van der Waals surface area contributed by atoms with E-state index in [1.165, 1.54) is 0 Å². The summed E-state index contributed by atoms with van der Waals surface area (Å²) in [6.07, 6.45) is -45.7. The first kappa shape index (κ1) is 48.5. The van der Waals surface area contributed by atoms with E-state index in [1.54, 1.807) is 0 Å². The summed E-state index contributed by atoms with van der Waals surface area (Å²) in [5.74, 6) is -0.704. The maximum atomic E-state index is 11.7. The normalized spacial score (nSPS) is 51.0. The van der Waals surface area contributed by atoms with Crippen LogP contribution in [-0.2, 0) is 47.4 Å². The highest BCUT2D eigenvalue weighted by atomic mass is 16.8. The molecule has 0 aliphatic carbocycles. The predicted octanol–water partition coefficient (Wildman–Crippen LogP) is -11.8. The molecule has 59 heavy (non-hydrogen) atoms. The Balaban J connectivity index is 1.42. The molecule has 344 valence electrons. The molecular formula is C32H55NO26. The van der Waals surface area contributed by atoms with Crippen molar-refractivity contribution in [1.29, 1.82) is 0 Å². The zero-order chi connectivity index (χ0) is 43.6. The number of carbonyl (C=O) groups is 1. The molecule has 0 radical (unpaired) electrons. The summed E-state index contributed by atoms with van der Waals surface area (Å²) < 4.78 is 50.6. The maximum Gasteiger partial charge on any atom is 0.217 e. The summed E-state index contributed by atoms with van der Waals surface area (Å²) in [6, 6.07) is -1.52. The van der Waals surface area contributed by atoms with Gasteiger partial charge in [0, 0.05) is 6.92 Å². The van der Waals surface area contributed by atoms with Crippen LogP contribution in [0.15, 0.2) is 0 Å². The zero-order valence-corrected chi connectivity index (χ0v) is 31.2. The molecule has 5 rings (SSSR count). The third kappa shape index (κ3) is 10.2. The van der Waals surface area contributed by atoms with E-state index in [1.807, 2.05) is 0 Å². The lowest BCUT2D eigenvalue weighted by Crippen LogP contribution is -2.69. The van der Waals surface area contributed by atoms with Gasteiger partial charge in [-0.3, -0.25) is 4.79 Å². The third-order valence-electron chi connectivity index (χ3n) is 10.7. The highest BCUT2D eigenvalue weighted by molar-refractivity contribution is 5.73. The van der Waals surface area contributed by atoms with Gasteiger partial charge in [-0.15, -0.1) is 0 Å². The average Bonchev–Trinajstić information content (AvgIpc) is 3.21. The number of amides is 1. The van der Waals surface area contributed by atoms with Gasteiger partial charge in [0.1, 0.15) is 122 Å². The number of hydrogen-bond donors (Lipinski definition) is 17. The number of nitrogens with one attached hydrogen (secondary N) is 1. The van der Waals surface area contributed by atoms with Gasteiger partial charge in [-0.1, -0.05) is 0 Å². The van der Waals surface area contributed by atoms with Crippen LogP contribution < -0.4 is 5.32 Å². The Morgan fingerprint density at radius 3 is 1.24 bits per heavy atom. The van der Waals surface area contributed by atoms with Crippen LogP contribution in [0.25, 0.3) is 0 Å². The molecule has 0 bridgehead atoms. The van der Waals surface area contributed by atoms with E-state index in [0.717, 1.165) is 6.92 Å². The van der Waals surface area contributed by atoms with Gasteiger partial charge in [-0.25, -0.2) is 0 Å². The number of aliphatic hydroxyl groups is 16. The lowest BCUT2D eigenvalue weighted by atomic mass is 9.95. The molecular weight excluding hydrogens is 814 g/mol. The zero-order valence-electron chi connectivity index (χ0n) is 31.2. The summed E-state index contributed by atoms with van der Waals surface area (Å²) in [5.41, 5.74) is 0. The Morgan fingerprint density at radius 1 is 0.407 bits per heavy atom. The van der Waals surface area contributed by atoms with Crippen molar-refractivity contribution in [2.24, 2.45) is 0 Å². The monoisotopic (exact) mass is 869 g/mol. The van der Waals surface area contributed by atoms with Crippen LogP contribution in [0.3, 0.4) is 0 Å². The quantitative estimate of drug-likeness (QED) is 0.0770. The second-order valence-electron chi connectivity index (χ2n) is 14.7. The first-order chi connectivity index (χ1) is 27.9. The summed E-state index contributed by atoms with van der Waals surface area (Å²) >= 11 is 0. The molecule has 27 heteroatoms. The number of hydrogen-bond acceptors (Lipinski definition) is 26. The molecule has 0 aromatic heterocycles. The van der Waals surface area contributed by atoms with E-state index in [9.17, 15) is 86.5 Å². The standard InChI is InChI=1S/C32H55NO26/c1-7(39)33-13-18(44)24(12(6-38)51-28(13)50)56-30-23(49)25(17(43)11(5-37)53-30)57-31-27(21(47)16(42)9(3-35)54-31)59-32-26(20(46)15(41)10(4-36)55-32)58-29-22(48)19(45)14(40)8(2-34)52-29/h8-32,34-38,40-50H,2-6H2,1H3,(H,33,39)/t8-,9-,10-,11-,12+,13+,14-,15-,16-,17-,18+,19+,20+,21+,22+,23+,24+,25+,26+,27+,28+,29-,30+,31-,32-/m0/s1. The minimum absolute atomic E-state index is 0.704. The summed E-state index contributed by atoms with van der Waals surface area (Å²) in [6.45, 7) is -3.61. The molecule has 0 unspecified atom stereocenters. The Kier molecular flexibility index (Phi) is 17.1. The Bertz CT molecular complexity index is 1320. The molecule has 5 heterocycles. The van der Waals surface area contributed by atoms with Crippen LogP contribution in [0.2, 0.25) is 0 Å². The van der Waals surface area contributed by atoms with Crippen molar-refractivity contribution >= 4 is 5.91 Å². The predicted molar refractivity (Wildman–Crippen MR) is 178 cm³/mol. The molecule has 0 saturated carbocycles. The van der Waals surface area contributed by atoms with E-state index in [2.05, 4.69) is 5.32 Å². The minimum atomic E-state index is -2.16. The average molecular weight is 870 g/mol. The fourth-order valence-electron chi connectivity index (χ4n) is 7.39. The van der Waals surface area contributed by atoms with Crippen molar-refractivity contribution in [2.75, 3.05) is 33.0 Å². The van der Waals surface area contributed by atoms with Crippen LogP contribution in [0, 0.1) is 0 Å². The van der Waals surface area contributed by atoms with Gasteiger partial charge in [0.25, 0.3) is 0 Å². The van der Waals surface area contributed by atoms with Crippen molar-refractivity contribution in [2.45, 2.75) is 160 Å². The topological polar surface area (TPSA) is 436 Å². The van der Waals surface area contributed by atoms with Crippen molar-refractivity contribution in [1.82, 2.24) is 5.32 Å². The molecule has 5 aliphatic rings. The number of carbonyl (C=O) groups excluding carboxylic acids is 1. The van der Waals surface area contributed by atoms with Gasteiger partial charge in [0.15, 0.2) is 31.5 Å². The summed E-state index contributed by atoms with van der Waals surface area (Å²) in [4.78, 5) is 11.7. The molecule has 25 atom stereocenters. The molecule has 17 N–H and O–H groups in total. The maximum absolute atomic E-state index is 11.7. The van der Waals surface area contributed by atoms with E-state index in [4.69, 9.17) is 42.6 Å². The number of ether oxygens (including phenoxy) is 9. The van der Waals surface area contributed by atoms with Crippen molar-refractivity contribution < 1.29 is 129 Å². The van der Waals surface area contributed by atoms with E-state index in [-0.39, 0.29) is 0 Å². The van der Waals surface area contributed by atoms with Crippen LogP contribution in [0.5, 0.6) is 0 Å². The van der Waals surface area contributed by atoms with E-state index in [0.29, 0.717) is 0 Å². The van der Waals surface area contributed by atoms with Gasteiger partial charge in [-0.05, 0) is 0 Å². The molecule has 1 amide bonds. The molecule has 0 aromatic rings. The van der Waals surface area contributed by atoms with Crippen molar-refractivity contribution in [3.05, 3.63) is 0 Å². The largest absolute Gasteiger partial charge is 0.394 e. The second kappa shape index (κ2) is 20.8. The fourth-order valence-corrected chi connectivity index (χ4v) is 7.39. The highest BCUT2D eigenvalue weighted by Crippen LogP contribution is 2.36.